The normalized spacial score (nSPS) is 19.4. The van der Waals surface area contributed by atoms with Crippen molar-refractivity contribution in [3.8, 4) is 0 Å². The van der Waals surface area contributed by atoms with Crippen LogP contribution in [0.1, 0.15) is 47.5 Å². The lowest BCUT2D eigenvalue weighted by atomic mass is 9.73. The third-order valence-corrected chi connectivity index (χ3v) is 4.93. The van der Waals surface area contributed by atoms with E-state index in [4.69, 9.17) is 9.47 Å². The quantitative estimate of drug-likeness (QED) is 0.370. The smallest absolute Gasteiger partial charge is 0.324 e. The van der Waals surface area contributed by atoms with Crippen molar-refractivity contribution in [2.45, 2.75) is 47.5 Å². The molecule has 0 saturated carbocycles. The highest BCUT2D eigenvalue weighted by Gasteiger charge is 2.30. The van der Waals surface area contributed by atoms with E-state index in [-0.39, 0.29) is 5.41 Å². The molecule has 0 spiro atoms. The lowest BCUT2D eigenvalue weighted by Crippen LogP contribution is -2.27. The van der Waals surface area contributed by atoms with Crippen molar-refractivity contribution in [3.63, 3.8) is 0 Å². The third-order valence-electron chi connectivity index (χ3n) is 4.93. The van der Waals surface area contributed by atoms with E-state index in [9.17, 15) is 9.59 Å². The van der Waals surface area contributed by atoms with Gasteiger partial charge in [0, 0.05) is 0 Å². The fraction of sp³-hybridized carbons (Fsp3) is 0.478. The molecular weight excluding hydrogens is 340 g/mol. The van der Waals surface area contributed by atoms with E-state index in [0.29, 0.717) is 5.57 Å². The first-order chi connectivity index (χ1) is 12.6. The van der Waals surface area contributed by atoms with Crippen LogP contribution in [0, 0.1) is 11.3 Å². The molecule has 0 fully saturated rings. The molecule has 0 amide bonds. The van der Waals surface area contributed by atoms with Gasteiger partial charge in [-0.25, -0.2) is 0 Å². The van der Waals surface area contributed by atoms with E-state index in [2.05, 4.69) is 39.0 Å². The van der Waals surface area contributed by atoms with Gasteiger partial charge in [-0.2, -0.15) is 0 Å². The van der Waals surface area contributed by atoms with Gasteiger partial charge >= 0.3 is 11.9 Å². The van der Waals surface area contributed by atoms with Crippen LogP contribution in [0.15, 0.2) is 58.7 Å². The van der Waals surface area contributed by atoms with Crippen LogP contribution in [0.4, 0.5) is 0 Å². The summed E-state index contributed by atoms with van der Waals surface area (Å²) in [5, 5.41) is 0. The van der Waals surface area contributed by atoms with Crippen molar-refractivity contribution in [2.24, 2.45) is 11.3 Å². The van der Waals surface area contributed by atoms with Crippen LogP contribution in [0.3, 0.4) is 0 Å². The molecular formula is C23H32O4. The Bertz CT molecular complexity index is 699. The van der Waals surface area contributed by atoms with E-state index >= 15 is 0 Å². The SMILES string of the molecule is COC(=O)C(C(=O)OC)C(C)=C/C=C/C(C)=C/C=C1/C(C)=CCCC1(C)C. The molecule has 0 N–H and O–H groups in total. The van der Waals surface area contributed by atoms with E-state index in [1.807, 2.05) is 19.1 Å². The van der Waals surface area contributed by atoms with Crippen molar-refractivity contribution in [3.05, 3.63) is 58.7 Å². The summed E-state index contributed by atoms with van der Waals surface area (Å²) >= 11 is 0. The van der Waals surface area contributed by atoms with Gasteiger partial charge in [0.2, 0.25) is 0 Å². The van der Waals surface area contributed by atoms with Crippen LogP contribution in [0.5, 0.6) is 0 Å². The topological polar surface area (TPSA) is 52.6 Å². The maximum absolute atomic E-state index is 11.8. The van der Waals surface area contributed by atoms with Crippen molar-refractivity contribution in [1.29, 1.82) is 0 Å². The zero-order chi connectivity index (χ0) is 20.6. The number of methoxy groups -OCH3 is 2. The minimum atomic E-state index is -1.04. The Morgan fingerprint density at radius 3 is 2.22 bits per heavy atom. The summed E-state index contributed by atoms with van der Waals surface area (Å²) in [5.74, 6) is -2.28. The fourth-order valence-electron chi connectivity index (χ4n) is 3.21. The molecule has 0 aliphatic heterocycles. The first-order valence-corrected chi connectivity index (χ1v) is 9.20. The highest BCUT2D eigenvalue weighted by atomic mass is 16.5. The number of carbonyl (C=O) groups excluding carboxylic acids is 2. The zero-order valence-corrected chi connectivity index (χ0v) is 17.6. The van der Waals surface area contributed by atoms with Crippen LogP contribution in [-0.2, 0) is 19.1 Å². The summed E-state index contributed by atoms with van der Waals surface area (Å²) < 4.78 is 9.38. The van der Waals surface area contributed by atoms with Crippen molar-refractivity contribution in [1.82, 2.24) is 0 Å². The maximum Gasteiger partial charge on any atom is 0.324 e. The molecule has 0 unspecified atom stereocenters. The molecule has 0 heterocycles. The van der Waals surface area contributed by atoms with Crippen LogP contribution in [0.25, 0.3) is 0 Å². The van der Waals surface area contributed by atoms with Gasteiger partial charge in [-0.3, -0.25) is 9.59 Å². The van der Waals surface area contributed by atoms with Gasteiger partial charge in [-0.05, 0) is 50.2 Å². The van der Waals surface area contributed by atoms with E-state index in [1.54, 1.807) is 13.0 Å². The van der Waals surface area contributed by atoms with E-state index in [0.717, 1.165) is 18.4 Å². The van der Waals surface area contributed by atoms with Crippen molar-refractivity contribution in [2.75, 3.05) is 14.2 Å². The van der Waals surface area contributed by atoms with Gasteiger partial charge in [-0.15, -0.1) is 0 Å². The first kappa shape index (κ1) is 22.7. The van der Waals surface area contributed by atoms with Gasteiger partial charge in [0.25, 0.3) is 0 Å². The molecule has 0 saturated heterocycles. The van der Waals surface area contributed by atoms with Gasteiger partial charge in [0.15, 0.2) is 5.92 Å². The maximum atomic E-state index is 11.8. The Balaban J connectivity index is 2.96. The number of hydrogen-bond donors (Lipinski definition) is 0. The fourth-order valence-corrected chi connectivity index (χ4v) is 3.21. The second-order valence-electron chi connectivity index (χ2n) is 7.55. The Hall–Kier alpha value is -2.36. The van der Waals surface area contributed by atoms with Gasteiger partial charge in [0.05, 0.1) is 14.2 Å². The molecule has 1 aliphatic carbocycles. The van der Waals surface area contributed by atoms with E-state index in [1.165, 1.54) is 25.4 Å². The Morgan fingerprint density at radius 2 is 1.70 bits per heavy atom. The Morgan fingerprint density at radius 1 is 1.11 bits per heavy atom. The summed E-state index contributed by atoms with van der Waals surface area (Å²) in [6.07, 6.45) is 14.4. The highest BCUT2D eigenvalue weighted by molar-refractivity contribution is 5.98. The summed E-state index contributed by atoms with van der Waals surface area (Å²) in [4.78, 5) is 23.6. The summed E-state index contributed by atoms with van der Waals surface area (Å²) in [6.45, 7) is 10.4. The van der Waals surface area contributed by atoms with Crippen LogP contribution >= 0.6 is 0 Å². The largest absolute Gasteiger partial charge is 0.468 e. The molecule has 0 bridgehead atoms. The highest BCUT2D eigenvalue weighted by Crippen LogP contribution is 2.40. The molecule has 0 aromatic rings. The molecule has 0 radical (unpaired) electrons. The predicted molar refractivity (Wildman–Crippen MR) is 109 cm³/mol. The van der Waals surface area contributed by atoms with Crippen molar-refractivity contribution < 1.29 is 19.1 Å². The Labute approximate surface area is 163 Å². The van der Waals surface area contributed by atoms with Crippen LogP contribution in [0.2, 0.25) is 0 Å². The summed E-state index contributed by atoms with van der Waals surface area (Å²) in [5.41, 5.74) is 4.54. The second-order valence-corrected chi connectivity index (χ2v) is 7.55. The lowest BCUT2D eigenvalue weighted by molar-refractivity contribution is -0.156. The predicted octanol–water partition coefficient (Wildman–Crippen LogP) is 5.09. The van der Waals surface area contributed by atoms with Crippen LogP contribution < -0.4 is 0 Å². The van der Waals surface area contributed by atoms with Crippen LogP contribution in [-0.4, -0.2) is 26.2 Å². The average molecular weight is 373 g/mol. The second kappa shape index (κ2) is 10.1. The van der Waals surface area contributed by atoms with Gasteiger partial charge < -0.3 is 9.47 Å². The minimum absolute atomic E-state index is 0.185. The standard InChI is InChI=1S/C23H32O4/c1-16(13-14-19-17(2)12-9-15-23(19,4)5)10-8-11-18(3)20(21(24)26-6)22(25)27-7/h8,10-14,20H,9,15H2,1-7H3/b10-8+,16-13+,18-11?,19-14-. The molecule has 0 atom stereocenters. The number of hydrogen-bond acceptors (Lipinski definition) is 4. The van der Waals surface area contributed by atoms with Gasteiger partial charge in [0.1, 0.15) is 0 Å². The third kappa shape index (κ3) is 6.38. The monoisotopic (exact) mass is 372 g/mol. The zero-order valence-electron chi connectivity index (χ0n) is 17.6. The van der Waals surface area contributed by atoms with Gasteiger partial charge in [-0.1, -0.05) is 61.4 Å². The average Bonchev–Trinajstić information content (AvgIpc) is 2.60. The molecule has 1 rings (SSSR count). The minimum Gasteiger partial charge on any atom is -0.468 e. The number of rotatable bonds is 6. The molecule has 0 aromatic carbocycles. The molecule has 1 aliphatic rings. The number of carbonyl (C=O) groups is 2. The van der Waals surface area contributed by atoms with Crippen molar-refractivity contribution >= 4 is 11.9 Å². The lowest BCUT2D eigenvalue weighted by Gasteiger charge is -2.32. The number of allylic oxidation sites excluding steroid dienone is 9. The molecule has 0 aromatic heterocycles. The Kier molecular flexibility index (Phi) is 8.48. The van der Waals surface area contributed by atoms with E-state index < -0.39 is 17.9 Å². The molecule has 148 valence electrons. The molecule has 4 heteroatoms. The number of ether oxygens (including phenoxy) is 2. The summed E-state index contributed by atoms with van der Waals surface area (Å²) in [6, 6.07) is 0. The summed E-state index contributed by atoms with van der Waals surface area (Å²) in [7, 11) is 2.51. The first-order valence-electron chi connectivity index (χ1n) is 9.20. The molecule has 27 heavy (non-hydrogen) atoms. The number of esters is 2. The molecule has 4 nitrogen and oxygen atoms in total.